The fourth-order valence-electron chi connectivity index (χ4n) is 3.82. The van der Waals surface area contributed by atoms with Crippen LogP contribution in [-0.4, -0.2) is 47.3 Å². The zero-order valence-corrected chi connectivity index (χ0v) is 20.2. The monoisotopic (exact) mass is 474 g/mol. The first kappa shape index (κ1) is 23.7. The number of aliphatic imine (C=N–C) groups is 1. The van der Waals surface area contributed by atoms with E-state index in [4.69, 9.17) is 28.7 Å². The van der Waals surface area contributed by atoms with E-state index < -0.39 is 0 Å². The summed E-state index contributed by atoms with van der Waals surface area (Å²) in [7, 11) is 7.82. The van der Waals surface area contributed by atoms with E-state index in [2.05, 4.69) is 0 Å². The van der Waals surface area contributed by atoms with Crippen molar-refractivity contribution in [3.05, 3.63) is 77.5 Å². The van der Waals surface area contributed by atoms with Crippen molar-refractivity contribution < 1.29 is 28.5 Å². The molecule has 3 aromatic rings. The molecule has 0 N–H and O–H groups in total. The molecule has 0 unspecified atom stereocenters. The van der Waals surface area contributed by atoms with E-state index in [1.807, 2.05) is 30.3 Å². The van der Waals surface area contributed by atoms with Crippen molar-refractivity contribution in [2.24, 2.45) is 4.99 Å². The van der Waals surface area contributed by atoms with Gasteiger partial charge in [-0.2, -0.15) is 0 Å². The average molecular weight is 475 g/mol. The zero-order chi connectivity index (χ0) is 24.9. The number of rotatable bonds is 8. The van der Waals surface area contributed by atoms with E-state index >= 15 is 0 Å². The van der Waals surface area contributed by atoms with Gasteiger partial charge in [0.15, 0.2) is 23.0 Å². The summed E-state index contributed by atoms with van der Waals surface area (Å²) in [5.74, 6) is 2.92. The Morgan fingerprint density at radius 3 is 1.94 bits per heavy atom. The first-order chi connectivity index (χ1) is 17.0. The molecule has 0 fully saturated rings. The summed E-state index contributed by atoms with van der Waals surface area (Å²) in [4.78, 5) is 20.0. The van der Waals surface area contributed by atoms with Crippen molar-refractivity contribution in [3.8, 4) is 28.7 Å². The second kappa shape index (κ2) is 10.2. The van der Waals surface area contributed by atoms with Crippen molar-refractivity contribution in [1.82, 2.24) is 0 Å². The number of hydrogen-bond acceptors (Lipinski definition) is 7. The average Bonchev–Trinajstić information content (AvgIpc) is 3.23. The third-order valence-corrected chi connectivity index (χ3v) is 5.56. The van der Waals surface area contributed by atoms with Crippen LogP contribution in [0.3, 0.4) is 0 Å². The summed E-state index contributed by atoms with van der Waals surface area (Å²) in [6, 6.07) is 18.1. The molecule has 0 aromatic heterocycles. The molecular weight excluding hydrogens is 448 g/mol. The van der Waals surface area contributed by atoms with E-state index in [1.54, 1.807) is 72.0 Å². The number of amides is 1. The summed E-state index contributed by atoms with van der Waals surface area (Å²) in [5.41, 5.74) is 2.25. The number of methoxy groups -OCH3 is 5. The first-order valence-corrected chi connectivity index (χ1v) is 10.8. The fourth-order valence-corrected chi connectivity index (χ4v) is 3.82. The number of amidine groups is 1. The Kier molecular flexibility index (Phi) is 6.91. The molecule has 35 heavy (non-hydrogen) atoms. The molecule has 0 saturated carbocycles. The normalized spacial score (nSPS) is 14.1. The lowest BCUT2D eigenvalue weighted by molar-refractivity contribution is -0.113. The maximum atomic E-state index is 13.7. The molecule has 180 valence electrons. The minimum absolute atomic E-state index is 0.258. The Morgan fingerprint density at radius 2 is 1.29 bits per heavy atom. The molecule has 0 bridgehead atoms. The van der Waals surface area contributed by atoms with Crippen molar-refractivity contribution in [2.45, 2.75) is 0 Å². The van der Waals surface area contributed by atoms with Crippen LogP contribution in [0.4, 0.5) is 5.69 Å². The highest BCUT2D eigenvalue weighted by Crippen LogP contribution is 2.37. The minimum atomic E-state index is -0.298. The SMILES string of the molecule is COc1ccccc1/C=C1\N=C(c2ccc(OC)c(OC)c2)N(c2ccc(OC)c(OC)c2)C1=O. The topological polar surface area (TPSA) is 78.8 Å². The molecule has 0 aliphatic carbocycles. The van der Waals surface area contributed by atoms with E-state index in [1.165, 1.54) is 4.90 Å². The summed E-state index contributed by atoms with van der Waals surface area (Å²) in [6.45, 7) is 0. The molecule has 3 aromatic carbocycles. The van der Waals surface area contributed by atoms with Crippen LogP contribution in [-0.2, 0) is 4.79 Å². The fraction of sp³-hybridized carbons (Fsp3) is 0.185. The smallest absolute Gasteiger partial charge is 0.282 e. The molecule has 0 saturated heterocycles. The van der Waals surface area contributed by atoms with Gasteiger partial charge in [-0.3, -0.25) is 9.69 Å². The Morgan fingerprint density at radius 1 is 0.686 bits per heavy atom. The van der Waals surface area contributed by atoms with Crippen LogP contribution >= 0.6 is 0 Å². The minimum Gasteiger partial charge on any atom is -0.496 e. The van der Waals surface area contributed by atoms with Gasteiger partial charge >= 0.3 is 0 Å². The van der Waals surface area contributed by atoms with Gasteiger partial charge in [0, 0.05) is 17.2 Å². The van der Waals surface area contributed by atoms with Crippen LogP contribution in [0.15, 0.2) is 71.4 Å². The predicted molar refractivity (Wildman–Crippen MR) is 134 cm³/mol. The molecule has 8 nitrogen and oxygen atoms in total. The van der Waals surface area contributed by atoms with E-state index in [0.29, 0.717) is 45.8 Å². The lowest BCUT2D eigenvalue weighted by atomic mass is 10.1. The number of ether oxygens (including phenoxy) is 5. The second-order valence-corrected chi connectivity index (χ2v) is 7.46. The van der Waals surface area contributed by atoms with E-state index in [0.717, 1.165) is 5.56 Å². The number of benzene rings is 3. The van der Waals surface area contributed by atoms with Crippen LogP contribution in [0.5, 0.6) is 28.7 Å². The van der Waals surface area contributed by atoms with Crippen molar-refractivity contribution in [2.75, 3.05) is 40.4 Å². The maximum absolute atomic E-state index is 13.7. The zero-order valence-electron chi connectivity index (χ0n) is 20.2. The van der Waals surface area contributed by atoms with Gasteiger partial charge in [0.05, 0.1) is 41.2 Å². The maximum Gasteiger partial charge on any atom is 0.282 e. The first-order valence-electron chi connectivity index (χ1n) is 10.8. The van der Waals surface area contributed by atoms with Gasteiger partial charge < -0.3 is 23.7 Å². The van der Waals surface area contributed by atoms with Crippen molar-refractivity contribution >= 4 is 23.5 Å². The third kappa shape index (κ3) is 4.50. The number of anilines is 1. The molecule has 8 heteroatoms. The number of nitrogens with zero attached hydrogens (tertiary/aromatic N) is 2. The second-order valence-electron chi connectivity index (χ2n) is 7.46. The van der Waals surface area contributed by atoms with Gasteiger partial charge in [0.1, 0.15) is 17.3 Å². The molecule has 1 amide bonds. The summed E-state index contributed by atoms with van der Waals surface area (Å²) in [6.07, 6.45) is 1.71. The number of para-hydroxylation sites is 1. The Bertz CT molecular complexity index is 1310. The molecular formula is C27H26N2O6. The van der Waals surface area contributed by atoms with Crippen LogP contribution < -0.4 is 28.6 Å². The summed E-state index contributed by atoms with van der Waals surface area (Å²) in [5, 5.41) is 0. The van der Waals surface area contributed by atoms with Gasteiger partial charge in [-0.05, 0) is 42.5 Å². The van der Waals surface area contributed by atoms with Crippen molar-refractivity contribution in [3.63, 3.8) is 0 Å². The standard InChI is InChI=1S/C27H26N2O6/c1-31-21-9-7-6-8-17(21)14-20-27(30)29(19-11-13-23(33-3)25(16-19)35-5)26(28-20)18-10-12-22(32-2)24(15-18)34-4/h6-16H,1-5H3/b20-14-. The quantitative estimate of drug-likeness (QED) is 0.445. The highest BCUT2D eigenvalue weighted by molar-refractivity contribution is 6.33. The van der Waals surface area contributed by atoms with Crippen molar-refractivity contribution in [1.29, 1.82) is 0 Å². The van der Waals surface area contributed by atoms with E-state index in [-0.39, 0.29) is 11.6 Å². The molecule has 1 heterocycles. The predicted octanol–water partition coefficient (Wildman–Crippen LogP) is 4.56. The molecule has 0 spiro atoms. The Balaban J connectivity index is 1.88. The van der Waals surface area contributed by atoms with Crippen LogP contribution in [0.2, 0.25) is 0 Å². The largest absolute Gasteiger partial charge is 0.496 e. The number of carbonyl (C=O) groups excluding carboxylic acids is 1. The highest BCUT2D eigenvalue weighted by atomic mass is 16.5. The Hall–Kier alpha value is -4.46. The van der Waals surface area contributed by atoms with Gasteiger partial charge in [0.2, 0.25) is 0 Å². The lowest BCUT2D eigenvalue weighted by Gasteiger charge is -2.20. The molecule has 1 aliphatic heterocycles. The molecule has 0 radical (unpaired) electrons. The Labute approximate surface area is 204 Å². The third-order valence-electron chi connectivity index (χ3n) is 5.56. The summed E-state index contributed by atoms with van der Waals surface area (Å²) >= 11 is 0. The van der Waals surface area contributed by atoms with E-state index in [9.17, 15) is 4.79 Å². The highest BCUT2D eigenvalue weighted by Gasteiger charge is 2.33. The van der Waals surface area contributed by atoms with Gasteiger partial charge in [-0.15, -0.1) is 0 Å². The number of hydrogen-bond donors (Lipinski definition) is 0. The molecule has 1 aliphatic rings. The van der Waals surface area contributed by atoms with Gasteiger partial charge in [-0.1, -0.05) is 18.2 Å². The van der Waals surface area contributed by atoms with Crippen LogP contribution in [0.1, 0.15) is 11.1 Å². The molecule has 4 rings (SSSR count). The molecule has 0 atom stereocenters. The van der Waals surface area contributed by atoms with Crippen LogP contribution in [0, 0.1) is 0 Å². The summed E-state index contributed by atoms with van der Waals surface area (Å²) < 4.78 is 27.1. The lowest BCUT2D eigenvalue weighted by Crippen LogP contribution is -2.32. The van der Waals surface area contributed by atoms with Gasteiger partial charge in [-0.25, -0.2) is 4.99 Å². The number of carbonyl (C=O) groups is 1. The van der Waals surface area contributed by atoms with Gasteiger partial charge in [0.25, 0.3) is 5.91 Å². The van der Waals surface area contributed by atoms with Crippen LogP contribution in [0.25, 0.3) is 6.08 Å².